The fraction of sp³-hybridized carbons (Fsp3) is 0.533. The molecule has 1 aromatic carbocycles. The van der Waals surface area contributed by atoms with Crippen LogP contribution in [0, 0.1) is 6.92 Å². The molecule has 0 aromatic heterocycles. The average Bonchev–Trinajstić information content (AvgIpc) is 2.30. The van der Waals surface area contributed by atoms with Crippen LogP contribution < -0.4 is 11.1 Å². The number of nitrogens with one attached hydrogen (secondary N) is 1. The van der Waals surface area contributed by atoms with E-state index in [1.165, 1.54) is 0 Å². The maximum Gasteiger partial charge on any atom is 0.241 e. The molecule has 0 aliphatic rings. The molecule has 0 aliphatic carbocycles. The monoisotopic (exact) mass is 279 g/mol. The van der Waals surface area contributed by atoms with E-state index in [0.29, 0.717) is 12.2 Å². The second-order valence-electron chi connectivity index (χ2n) is 5.97. The van der Waals surface area contributed by atoms with Crippen LogP contribution in [0.2, 0.25) is 0 Å². The minimum Gasteiger partial charge on any atom is -0.399 e. The number of nitrogens with zero attached hydrogens (tertiary/aromatic N) is 1. The lowest BCUT2D eigenvalue weighted by molar-refractivity contribution is -0.121. The third-order valence-electron chi connectivity index (χ3n) is 3.20. The summed E-state index contributed by atoms with van der Waals surface area (Å²) in [6.45, 7) is 7.58. The number of aliphatic hydroxyl groups is 1. The van der Waals surface area contributed by atoms with Crippen molar-refractivity contribution in [2.75, 3.05) is 24.6 Å². The van der Waals surface area contributed by atoms with E-state index in [4.69, 9.17) is 5.73 Å². The highest BCUT2D eigenvalue weighted by molar-refractivity contribution is 5.95. The third-order valence-corrected chi connectivity index (χ3v) is 3.20. The maximum atomic E-state index is 12.2. The molecule has 1 rings (SSSR count). The zero-order valence-electron chi connectivity index (χ0n) is 12.9. The predicted molar refractivity (Wildman–Crippen MR) is 82.6 cm³/mol. The zero-order chi connectivity index (χ0) is 15.5. The first-order valence-electron chi connectivity index (χ1n) is 6.70. The van der Waals surface area contributed by atoms with Crippen molar-refractivity contribution in [3.8, 4) is 0 Å². The summed E-state index contributed by atoms with van der Waals surface area (Å²) >= 11 is 0. The summed E-state index contributed by atoms with van der Waals surface area (Å²) in [5, 5.41) is 12.7. The van der Waals surface area contributed by atoms with Gasteiger partial charge >= 0.3 is 0 Å². The number of benzene rings is 1. The molecule has 0 saturated carbocycles. The van der Waals surface area contributed by atoms with Crippen molar-refractivity contribution >= 4 is 17.3 Å². The van der Waals surface area contributed by atoms with Crippen molar-refractivity contribution in [3.63, 3.8) is 0 Å². The number of anilines is 2. The van der Waals surface area contributed by atoms with Crippen LogP contribution in [0.3, 0.4) is 0 Å². The van der Waals surface area contributed by atoms with Crippen LogP contribution in [-0.2, 0) is 4.79 Å². The molecule has 112 valence electrons. The van der Waals surface area contributed by atoms with Crippen molar-refractivity contribution in [2.45, 2.75) is 39.3 Å². The largest absolute Gasteiger partial charge is 0.399 e. The Balaban J connectivity index is 2.73. The highest BCUT2D eigenvalue weighted by atomic mass is 16.3. The Bertz CT molecular complexity index is 480. The number of hydrogen-bond acceptors (Lipinski definition) is 4. The van der Waals surface area contributed by atoms with Gasteiger partial charge < -0.3 is 16.2 Å². The van der Waals surface area contributed by atoms with Crippen LogP contribution in [0.25, 0.3) is 0 Å². The molecule has 0 saturated heterocycles. The average molecular weight is 279 g/mol. The molecule has 4 N–H and O–H groups in total. The summed E-state index contributed by atoms with van der Waals surface area (Å²) in [6.07, 6.45) is 0. The highest BCUT2D eigenvalue weighted by Crippen LogP contribution is 2.19. The molecule has 1 aromatic rings. The number of likely N-dealkylation sites (N-methyl/N-ethyl adjacent to an activating group) is 1. The summed E-state index contributed by atoms with van der Waals surface area (Å²) in [5.41, 5.74) is 7.19. The van der Waals surface area contributed by atoms with E-state index in [1.807, 2.05) is 31.9 Å². The Kier molecular flexibility index (Phi) is 5.14. The van der Waals surface area contributed by atoms with Crippen LogP contribution in [0.5, 0.6) is 0 Å². The van der Waals surface area contributed by atoms with Gasteiger partial charge in [0.25, 0.3) is 0 Å². The molecule has 0 spiro atoms. The fourth-order valence-electron chi connectivity index (χ4n) is 1.96. The maximum absolute atomic E-state index is 12.2. The Labute approximate surface area is 120 Å². The summed E-state index contributed by atoms with van der Waals surface area (Å²) in [7, 11) is 1.81. The number of nitrogens with two attached hydrogens (primary N) is 1. The van der Waals surface area contributed by atoms with E-state index >= 15 is 0 Å². The Hall–Kier alpha value is -1.59. The van der Waals surface area contributed by atoms with E-state index in [2.05, 4.69) is 5.32 Å². The lowest BCUT2D eigenvalue weighted by Gasteiger charge is -2.29. The number of hydrogen-bond donors (Lipinski definition) is 3. The van der Waals surface area contributed by atoms with Crippen LogP contribution in [0.15, 0.2) is 18.2 Å². The van der Waals surface area contributed by atoms with Crippen molar-refractivity contribution in [2.24, 2.45) is 0 Å². The van der Waals surface area contributed by atoms with E-state index in [9.17, 15) is 9.90 Å². The molecule has 1 atom stereocenters. The van der Waals surface area contributed by atoms with Gasteiger partial charge in [0.05, 0.1) is 11.6 Å². The molecule has 0 fully saturated rings. The molecule has 0 radical (unpaired) electrons. The zero-order valence-corrected chi connectivity index (χ0v) is 12.9. The molecule has 0 bridgehead atoms. The van der Waals surface area contributed by atoms with Crippen LogP contribution in [0.4, 0.5) is 11.4 Å². The van der Waals surface area contributed by atoms with Crippen LogP contribution >= 0.6 is 0 Å². The lowest BCUT2D eigenvalue weighted by Crippen LogP contribution is -2.46. The van der Waals surface area contributed by atoms with E-state index in [0.717, 1.165) is 11.3 Å². The third kappa shape index (κ3) is 4.83. The minimum absolute atomic E-state index is 0.120. The molecule has 5 heteroatoms. The minimum atomic E-state index is -0.837. The van der Waals surface area contributed by atoms with Gasteiger partial charge in [0.2, 0.25) is 5.91 Å². The molecule has 20 heavy (non-hydrogen) atoms. The predicted octanol–water partition coefficient (Wildman–Crippen LogP) is 1.61. The van der Waals surface area contributed by atoms with E-state index < -0.39 is 5.60 Å². The van der Waals surface area contributed by atoms with Crippen LogP contribution in [0.1, 0.15) is 26.3 Å². The van der Waals surface area contributed by atoms with Gasteiger partial charge in [-0.3, -0.25) is 9.69 Å². The van der Waals surface area contributed by atoms with Gasteiger partial charge in [-0.15, -0.1) is 0 Å². The first-order chi connectivity index (χ1) is 9.10. The smallest absolute Gasteiger partial charge is 0.241 e. The van der Waals surface area contributed by atoms with Gasteiger partial charge in [0.15, 0.2) is 0 Å². The van der Waals surface area contributed by atoms with Crippen molar-refractivity contribution < 1.29 is 9.90 Å². The summed E-state index contributed by atoms with van der Waals surface area (Å²) in [5.74, 6) is -0.120. The van der Waals surface area contributed by atoms with Gasteiger partial charge in [-0.25, -0.2) is 0 Å². The Morgan fingerprint density at radius 2 is 2.10 bits per heavy atom. The number of carbonyl (C=O) groups is 1. The summed E-state index contributed by atoms with van der Waals surface area (Å²) in [6, 6.07) is 5.07. The van der Waals surface area contributed by atoms with E-state index in [1.54, 1.807) is 26.0 Å². The van der Waals surface area contributed by atoms with Crippen molar-refractivity contribution in [1.82, 2.24) is 4.90 Å². The van der Waals surface area contributed by atoms with Gasteiger partial charge in [0, 0.05) is 17.9 Å². The number of nitrogen functional groups attached to an aromatic ring is 1. The van der Waals surface area contributed by atoms with Gasteiger partial charge in [0.1, 0.15) is 0 Å². The topological polar surface area (TPSA) is 78.6 Å². The fourth-order valence-corrected chi connectivity index (χ4v) is 1.96. The first kappa shape index (κ1) is 16.5. The second kappa shape index (κ2) is 6.24. The lowest BCUT2D eigenvalue weighted by atomic mass is 10.1. The quantitative estimate of drug-likeness (QED) is 0.715. The molecular weight excluding hydrogens is 254 g/mol. The highest BCUT2D eigenvalue weighted by Gasteiger charge is 2.23. The summed E-state index contributed by atoms with van der Waals surface area (Å²) in [4.78, 5) is 14.0. The second-order valence-corrected chi connectivity index (χ2v) is 5.97. The van der Waals surface area contributed by atoms with Gasteiger partial charge in [-0.1, -0.05) is 6.07 Å². The van der Waals surface area contributed by atoms with Gasteiger partial charge in [-0.2, -0.15) is 0 Å². The molecule has 0 heterocycles. The number of aryl methyl sites for hydroxylation is 1. The molecule has 0 aliphatic heterocycles. The van der Waals surface area contributed by atoms with Crippen molar-refractivity contribution in [1.29, 1.82) is 0 Å². The van der Waals surface area contributed by atoms with Crippen LogP contribution in [-0.4, -0.2) is 41.1 Å². The normalized spacial score (nSPS) is 13.3. The molecule has 5 nitrogen and oxygen atoms in total. The Morgan fingerprint density at radius 1 is 1.50 bits per heavy atom. The van der Waals surface area contributed by atoms with Gasteiger partial charge in [-0.05, 0) is 52.4 Å². The standard InChI is InChI=1S/C15H25N3O2/c1-10-6-7-12(16)8-13(10)17-14(19)11(2)18(5)9-15(3,4)20/h6-8,11,20H,9,16H2,1-5H3,(H,17,19). The number of carbonyl (C=O) groups excluding carboxylic acids is 1. The SMILES string of the molecule is Cc1ccc(N)cc1NC(=O)C(C)N(C)CC(C)(C)O. The van der Waals surface area contributed by atoms with E-state index in [-0.39, 0.29) is 11.9 Å². The molecule has 1 unspecified atom stereocenters. The first-order valence-corrected chi connectivity index (χ1v) is 6.70. The molecular formula is C15H25N3O2. The summed E-state index contributed by atoms with van der Waals surface area (Å²) < 4.78 is 0. The number of amides is 1. The molecule has 1 amide bonds. The number of rotatable bonds is 5. The Morgan fingerprint density at radius 3 is 2.65 bits per heavy atom. The van der Waals surface area contributed by atoms with Crippen molar-refractivity contribution in [3.05, 3.63) is 23.8 Å².